The molecule has 202 valence electrons. The van der Waals surface area contributed by atoms with E-state index in [0.717, 1.165) is 12.8 Å². The number of fused-ring (bicyclic) bond motifs is 3. The molecule has 3 fully saturated rings. The topological polar surface area (TPSA) is 49.8 Å². The van der Waals surface area contributed by atoms with E-state index in [-0.39, 0.29) is 54.8 Å². The van der Waals surface area contributed by atoms with Crippen molar-refractivity contribution in [3.63, 3.8) is 0 Å². The zero-order valence-electron chi connectivity index (χ0n) is 20.1. The highest BCUT2D eigenvalue weighted by Gasteiger charge is 2.44. The summed E-state index contributed by atoms with van der Waals surface area (Å²) in [6.45, 7) is 0.432. The van der Waals surface area contributed by atoms with Crippen LogP contribution in [0.1, 0.15) is 62.5 Å². The first-order chi connectivity index (χ1) is 17.4. The second-order valence-corrected chi connectivity index (χ2v) is 10.7. The Balaban J connectivity index is 1.39. The van der Waals surface area contributed by atoms with E-state index in [1.807, 2.05) is 0 Å². The minimum Gasteiger partial charge on any atom is -0.490 e. The zero-order valence-corrected chi connectivity index (χ0v) is 20.1. The van der Waals surface area contributed by atoms with Crippen molar-refractivity contribution in [1.82, 2.24) is 4.90 Å². The average Bonchev–Trinajstić information content (AvgIpc) is 3.04. The van der Waals surface area contributed by atoms with Crippen molar-refractivity contribution >= 4 is 16.7 Å². The van der Waals surface area contributed by atoms with Crippen LogP contribution in [0.25, 0.3) is 10.8 Å². The Kier molecular flexibility index (Phi) is 6.83. The quantitative estimate of drug-likeness (QED) is 0.417. The first-order valence-corrected chi connectivity index (χ1v) is 12.7. The lowest BCUT2D eigenvalue weighted by molar-refractivity contribution is -0.185. The number of carbonyl (C=O) groups is 1. The third-order valence-electron chi connectivity index (χ3n) is 8.36. The molecule has 37 heavy (non-hydrogen) atoms. The minimum atomic E-state index is -4.71. The largest absolute Gasteiger partial charge is 0.490 e. The summed E-state index contributed by atoms with van der Waals surface area (Å²) in [4.78, 5) is 13.7. The van der Waals surface area contributed by atoms with Crippen molar-refractivity contribution in [1.29, 1.82) is 0 Å². The Labute approximate surface area is 210 Å². The molecule has 2 bridgehead atoms. The van der Waals surface area contributed by atoms with Gasteiger partial charge in [0.1, 0.15) is 11.3 Å². The highest BCUT2D eigenvalue weighted by molar-refractivity contribution is 5.89. The molecule has 1 N–H and O–H groups in total. The number of alkyl halides is 6. The fraction of sp³-hybridized carbons (Fsp3) is 0.593. The first-order valence-electron chi connectivity index (χ1n) is 12.7. The Morgan fingerprint density at radius 2 is 1.54 bits per heavy atom. The van der Waals surface area contributed by atoms with Gasteiger partial charge in [-0.2, -0.15) is 26.3 Å². The van der Waals surface area contributed by atoms with Gasteiger partial charge in [-0.25, -0.2) is 0 Å². The van der Waals surface area contributed by atoms with Crippen molar-refractivity contribution in [2.45, 2.75) is 88.5 Å². The molecule has 4 nitrogen and oxygen atoms in total. The van der Waals surface area contributed by atoms with Crippen LogP contribution in [-0.2, 0) is 17.5 Å². The predicted molar refractivity (Wildman–Crippen MR) is 124 cm³/mol. The van der Waals surface area contributed by atoms with Crippen molar-refractivity contribution in [2.24, 2.45) is 11.8 Å². The molecular formula is C27H29F6NO3. The molecule has 3 aliphatic rings. The molecule has 0 amide bonds. The van der Waals surface area contributed by atoms with Crippen molar-refractivity contribution in [3.05, 3.63) is 41.5 Å². The highest BCUT2D eigenvalue weighted by Crippen LogP contribution is 2.45. The van der Waals surface area contributed by atoms with Crippen LogP contribution < -0.4 is 4.74 Å². The van der Waals surface area contributed by atoms with E-state index in [4.69, 9.17) is 4.74 Å². The first kappa shape index (κ1) is 26.1. The number of ether oxygens (including phenoxy) is 1. The molecule has 2 heterocycles. The van der Waals surface area contributed by atoms with E-state index >= 15 is 0 Å². The van der Waals surface area contributed by atoms with Crippen LogP contribution >= 0.6 is 0 Å². The lowest BCUT2D eigenvalue weighted by atomic mass is 9.87. The van der Waals surface area contributed by atoms with Crippen molar-refractivity contribution < 1.29 is 41.0 Å². The lowest BCUT2D eigenvalue weighted by Crippen LogP contribution is -2.44. The Morgan fingerprint density at radius 3 is 2.11 bits per heavy atom. The van der Waals surface area contributed by atoms with Gasteiger partial charge in [-0.15, -0.1) is 0 Å². The van der Waals surface area contributed by atoms with Crippen LogP contribution in [0.4, 0.5) is 26.3 Å². The lowest BCUT2D eigenvalue weighted by Gasteiger charge is -2.37. The standard InChI is InChI=1S/C27H29F6NO3/c28-26(29,30)18-4-8-21(9-5-18)37-23-10-3-16-2-1-15(11-22(16)24(23)27(31,32)33)14-34-19-6-7-20(34)13-17(12-19)25(35)36/h1-3,10-11,17-21H,4-9,12-14H2,(H,35,36). The summed E-state index contributed by atoms with van der Waals surface area (Å²) in [5, 5.41) is 9.81. The van der Waals surface area contributed by atoms with Gasteiger partial charge in [-0.05, 0) is 79.8 Å². The van der Waals surface area contributed by atoms with Gasteiger partial charge in [0.2, 0.25) is 0 Å². The Bertz CT molecular complexity index is 1140. The van der Waals surface area contributed by atoms with Gasteiger partial charge in [0, 0.05) is 18.6 Å². The fourth-order valence-corrected chi connectivity index (χ4v) is 6.47. The number of aliphatic carboxylic acids is 1. The average molecular weight is 530 g/mol. The number of carboxylic acids is 1. The SMILES string of the molecule is O=C(O)C1CC2CCC(C1)N2Cc1ccc2ccc(OC3CCC(C(F)(F)F)CC3)c(C(F)(F)F)c2c1. The fourth-order valence-electron chi connectivity index (χ4n) is 6.47. The summed E-state index contributed by atoms with van der Waals surface area (Å²) in [5.74, 6) is -2.97. The maximum Gasteiger partial charge on any atom is 0.420 e. The molecule has 2 saturated heterocycles. The highest BCUT2D eigenvalue weighted by atomic mass is 19.4. The molecule has 2 unspecified atom stereocenters. The van der Waals surface area contributed by atoms with E-state index < -0.39 is 35.9 Å². The summed E-state index contributed by atoms with van der Waals surface area (Å²) >= 11 is 0. The molecule has 2 aromatic rings. The molecule has 1 saturated carbocycles. The van der Waals surface area contributed by atoms with Gasteiger partial charge >= 0.3 is 18.3 Å². The summed E-state index contributed by atoms with van der Waals surface area (Å²) in [6, 6.07) is 7.96. The number of piperidine rings is 1. The molecule has 0 aromatic heterocycles. The molecule has 10 heteroatoms. The molecule has 5 rings (SSSR count). The summed E-state index contributed by atoms with van der Waals surface area (Å²) in [6.07, 6.45) is -7.09. The van der Waals surface area contributed by atoms with E-state index in [9.17, 15) is 36.2 Å². The molecule has 0 radical (unpaired) electrons. The van der Waals surface area contributed by atoms with Crippen LogP contribution in [0.5, 0.6) is 5.75 Å². The number of carboxylic acid groups (broad SMARTS) is 1. The van der Waals surface area contributed by atoms with Crippen molar-refractivity contribution in [3.8, 4) is 5.75 Å². The number of benzene rings is 2. The number of nitrogens with zero attached hydrogens (tertiary/aromatic N) is 1. The van der Waals surface area contributed by atoms with E-state index in [0.29, 0.717) is 30.3 Å². The molecule has 2 aromatic carbocycles. The van der Waals surface area contributed by atoms with Gasteiger partial charge in [0.25, 0.3) is 0 Å². The molecule has 2 atom stereocenters. The van der Waals surface area contributed by atoms with Crippen LogP contribution in [0, 0.1) is 11.8 Å². The summed E-state index contributed by atoms with van der Waals surface area (Å²) in [5.41, 5.74) is -0.205. The van der Waals surface area contributed by atoms with Gasteiger partial charge in [0.05, 0.1) is 17.9 Å². The predicted octanol–water partition coefficient (Wildman–Crippen LogP) is 7.19. The van der Waals surface area contributed by atoms with Crippen LogP contribution in [0.3, 0.4) is 0 Å². The van der Waals surface area contributed by atoms with E-state index in [1.54, 1.807) is 18.2 Å². The van der Waals surface area contributed by atoms with Crippen LogP contribution in [0.15, 0.2) is 30.3 Å². The van der Waals surface area contributed by atoms with Gasteiger partial charge in [0.15, 0.2) is 0 Å². The monoisotopic (exact) mass is 529 g/mol. The van der Waals surface area contributed by atoms with Crippen molar-refractivity contribution in [2.75, 3.05) is 0 Å². The molecule has 0 spiro atoms. The van der Waals surface area contributed by atoms with Gasteiger partial charge in [-0.1, -0.05) is 18.2 Å². The maximum atomic E-state index is 14.3. The number of hydrogen-bond donors (Lipinski definition) is 1. The third kappa shape index (κ3) is 5.40. The van der Waals surface area contributed by atoms with Crippen LogP contribution in [-0.4, -0.2) is 40.3 Å². The maximum absolute atomic E-state index is 14.3. The summed E-state index contributed by atoms with van der Waals surface area (Å²) in [7, 11) is 0. The molecule has 1 aliphatic carbocycles. The normalized spacial score (nSPS) is 29.0. The molecule has 2 aliphatic heterocycles. The Morgan fingerprint density at radius 1 is 0.919 bits per heavy atom. The second kappa shape index (κ2) is 9.67. The molecular weight excluding hydrogens is 500 g/mol. The van der Waals surface area contributed by atoms with Gasteiger partial charge < -0.3 is 9.84 Å². The third-order valence-corrected chi connectivity index (χ3v) is 8.36. The van der Waals surface area contributed by atoms with Crippen LogP contribution in [0.2, 0.25) is 0 Å². The van der Waals surface area contributed by atoms with Gasteiger partial charge in [-0.3, -0.25) is 9.69 Å². The zero-order chi connectivity index (χ0) is 26.5. The number of hydrogen-bond acceptors (Lipinski definition) is 3. The number of rotatable bonds is 5. The summed E-state index contributed by atoms with van der Waals surface area (Å²) < 4.78 is 87.5. The number of halogens is 6. The minimum absolute atomic E-state index is 0.000698. The smallest absolute Gasteiger partial charge is 0.420 e. The van der Waals surface area contributed by atoms with E-state index in [1.165, 1.54) is 12.1 Å². The second-order valence-electron chi connectivity index (χ2n) is 10.7. The Hall–Kier alpha value is -2.49. The van der Waals surface area contributed by atoms with E-state index in [2.05, 4.69) is 4.90 Å².